The minimum Gasteiger partial charge on any atom is -0.430 e. The summed E-state index contributed by atoms with van der Waals surface area (Å²) in [5.74, 6) is -0.328. The summed E-state index contributed by atoms with van der Waals surface area (Å²) >= 11 is 0. The van der Waals surface area contributed by atoms with E-state index in [0.29, 0.717) is 5.57 Å². The molecule has 0 N–H and O–H groups in total. The van der Waals surface area contributed by atoms with Gasteiger partial charge in [-0.25, -0.2) is 4.79 Å². The molecule has 0 bridgehead atoms. The average Bonchev–Trinajstić information content (AvgIpc) is 2.54. The van der Waals surface area contributed by atoms with Crippen molar-refractivity contribution in [2.45, 2.75) is 33.6 Å². The second-order valence-corrected chi connectivity index (χ2v) is 6.48. The molecule has 1 fully saturated rings. The van der Waals surface area contributed by atoms with Crippen molar-refractivity contribution in [3.05, 3.63) is 51.8 Å². The molecule has 0 amide bonds. The van der Waals surface area contributed by atoms with E-state index in [4.69, 9.17) is 4.74 Å². The summed E-state index contributed by atoms with van der Waals surface area (Å²) in [6.07, 6.45) is 2.99. The van der Waals surface area contributed by atoms with E-state index < -0.39 is 10.9 Å². The van der Waals surface area contributed by atoms with Crippen molar-refractivity contribution < 1.29 is 19.2 Å². The van der Waals surface area contributed by atoms with Crippen LogP contribution in [0.1, 0.15) is 44.0 Å². The largest absolute Gasteiger partial charge is 0.430 e. The highest BCUT2D eigenvalue weighted by molar-refractivity contribution is 5.99. The van der Waals surface area contributed by atoms with Crippen molar-refractivity contribution in [2.24, 2.45) is 17.8 Å². The van der Waals surface area contributed by atoms with Crippen LogP contribution in [0, 0.1) is 27.9 Å². The first-order valence-electron chi connectivity index (χ1n) is 8.01. The maximum Gasteiger partial charge on any atom is 0.342 e. The number of non-ortho nitro benzene ring substituents is 1. The number of carbonyl (C=O) groups excluding carboxylic acids is 2. The van der Waals surface area contributed by atoms with E-state index in [0.717, 1.165) is 12.8 Å². The first-order chi connectivity index (χ1) is 11.3. The lowest BCUT2D eigenvalue weighted by Gasteiger charge is -2.29. The van der Waals surface area contributed by atoms with Gasteiger partial charge >= 0.3 is 5.97 Å². The number of hydrogen-bond acceptors (Lipinski definition) is 5. The van der Waals surface area contributed by atoms with Gasteiger partial charge in [-0.1, -0.05) is 20.8 Å². The Kier molecular flexibility index (Phi) is 5.49. The van der Waals surface area contributed by atoms with E-state index in [1.54, 1.807) is 0 Å². The zero-order valence-corrected chi connectivity index (χ0v) is 14.0. The summed E-state index contributed by atoms with van der Waals surface area (Å²) in [4.78, 5) is 34.6. The van der Waals surface area contributed by atoms with Gasteiger partial charge in [0, 0.05) is 23.6 Å². The number of esters is 1. The molecule has 0 heterocycles. The van der Waals surface area contributed by atoms with Gasteiger partial charge in [0.15, 0.2) is 5.78 Å². The highest BCUT2D eigenvalue weighted by Crippen LogP contribution is 2.34. The van der Waals surface area contributed by atoms with Crippen LogP contribution >= 0.6 is 0 Å². The van der Waals surface area contributed by atoms with Gasteiger partial charge in [0.2, 0.25) is 0 Å². The number of nitro groups is 1. The Balaban J connectivity index is 2.11. The number of allylic oxidation sites excluding steroid dienone is 1. The Labute approximate surface area is 140 Å². The maximum atomic E-state index is 12.5. The molecule has 6 nitrogen and oxygen atoms in total. The van der Waals surface area contributed by atoms with Crippen LogP contribution in [0.4, 0.5) is 5.69 Å². The van der Waals surface area contributed by atoms with E-state index in [2.05, 4.69) is 0 Å². The van der Waals surface area contributed by atoms with Gasteiger partial charge < -0.3 is 4.74 Å². The smallest absolute Gasteiger partial charge is 0.342 e. The van der Waals surface area contributed by atoms with E-state index >= 15 is 0 Å². The number of carbonyl (C=O) groups is 2. The number of nitro benzene ring substituents is 1. The summed E-state index contributed by atoms with van der Waals surface area (Å²) in [5, 5.41) is 10.6. The van der Waals surface area contributed by atoms with Crippen molar-refractivity contribution >= 4 is 17.4 Å². The van der Waals surface area contributed by atoms with Crippen LogP contribution in [-0.4, -0.2) is 16.7 Å². The third-order valence-corrected chi connectivity index (χ3v) is 4.47. The second kappa shape index (κ2) is 7.38. The zero-order valence-electron chi connectivity index (χ0n) is 14.0. The topological polar surface area (TPSA) is 86.5 Å². The van der Waals surface area contributed by atoms with Crippen molar-refractivity contribution in [3.63, 3.8) is 0 Å². The van der Waals surface area contributed by atoms with Crippen LogP contribution in [0.2, 0.25) is 0 Å². The van der Waals surface area contributed by atoms with E-state index in [1.807, 2.05) is 20.8 Å². The fourth-order valence-corrected chi connectivity index (χ4v) is 2.89. The number of nitrogens with zero attached hydrogens (tertiary/aromatic N) is 1. The van der Waals surface area contributed by atoms with Crippen molar-refractivity contribution in [2.75, 3.05) is 0 Å². The molecule has 2 unspecified atom stereocenters. The third kappa shape index (κ3) is 3.88. The predicted octanol–water partition coefficient (Wildman–Crippen LogP) is 3.91. The minimum absolute atomic E-state index is 0.0365. The third-order valence-electron chi connectivity index (χ3n) is 4.47. The van der Waals surface area contributed by atoms with Crippen LogP contribution in [0.5, 0.6) is 0 Å². The Morgan fingerprint density at radius 1 is 1.29 bits per heavy atom. The summed E-state index contributed by atoms with van der Waals surface area (Å²) < 4.78 is 5.15. The monoisotopic (exact) mass is 331 g/mol. The second-order valence-electron chi connectivity index (χ2n) is 6.48. The molecule has 128 valence electrons. The maximum absolute atomic E-state index is 12.5. The molecule has 1 aromatic carbocycles. The van der Waals surface area contributed by atoms with Crippen molar-refractivity contribution in [3.8, 4) is 0 Å². The minimum atomic E-state index is -0.635. The Morgan fingerprint density at radius 3 is 2.46 bits per heavy atom. The SMILES string of the molecule is CC1CCC(C(C)C)C(=O)C1=COC(=O)c1ccc([N+](=O)[O-])cc1. The van der Waals surface area contributed by atoms with Crippen LogP contribution in [0.15, 0.2) is 36.1 Å². The molecule has 1 saturated carbocycles. The number of ether oxygens (including phenoxy) is 1. The molecule has 0 aromatic heterocycles. The zero-order chi connectivity index (χ0) is 17.9. The Bertz CT molecular complexity index is 675. The molecule has 1 aliphatic rings. The van der Waals surface area contributed by atoms with Crippen molar-refractivity contribution in [1.82, 2.24) is 0 Å². The van der Waals surface area contributed by atoms with Gasteiger partial charge in [0.1, 0.15) is 6.26 Å². The Hall–Kier alpha value is -2.50. The van der Waals surface area contributed by atoms with Gasteiger partial charge in [-0.05, 0) is 36.8 Å². The molecular weight excluding hydrogens is 310 g/mol. The van der Waals surface area contributed by atoms with Crippen LogP contribution in [0.25, 0.3) is 0 Å². The van der Waals surface area contributed by atoms with E-state index in [-0.39, 0.29) is 34.8 Å². The summed E-state index contributed by atoms with van der Waals surface area (Å²) in [6, 6.07) is 5.16. The normalized spacial score (nSPS) is 22.7. The van der Waals surface area contributed by atoms with Gasteiger partial charge in [0.25, 0.3) is 5.69 Å². The highest BCUT2D eigenvalue weighted by Gasteiger charge is 2.33. The molecule has 2 rings (SSSR count). The van der Waals surface area contributed by atoms with Crippen molar-refractivity contribution in [1.29, 1.82) is 0 Å². The molecule has 0 aliphatic heterocycles. The first kappa shape index (κ1) is 17.8. The van der Waals surface area contributed by atoms with Crippen LogP contribution < -0.4 is 0 Å². The number of Topliss-reactive ketones (excluding diaryl/α,β-unsaturated/α-hetero) is 1. The lowest BCUT2D eigenvalue weighted by Crippen LogP contribution is -2.30. The molecule has 24 heavy (non-hydrogen) atoms. The lowest BCUT2D eigenvalue weighted by molar-refractivity contribution is -0.384. The molecule has 1 aromatic rings. The molecule has 0 spiro atoms. The number of hydrogen-bond donors (Lipinski definition) is 0. The van der Waals surface area contributed by atoms with E-state index in [9.17, 15) is 19.7 Å². The van der Waals surface area contributed by atoms with Gasteiger partial charge in [-0.15, -0.1) is 0 Å². The van der Waals surface area contributed by atoms with Gasteiger partial charge in [0.05, 0.1) is 10.5 Å². The predicted molar refractivity (Wildman–Crippen MR) is 88.3 cm³/mol. The molecule has 0 saturated heterocycles. The fourth-order valence-electron chi connectivity index (χ4n) is 2.89. The average molecular weight is 331 g/mol. The van der Waals surface area contributed by atoms with Gasteiger partial charge in [-0.3, -0.25) is 14.9 Å². The lowest BCUT2D eigenvalue weighted by atomic mass is 9.74. The molecule has 0 radical (unpaired) electrons. The summed E-state index contributed by atoms with van der Waals surface area (Å²) in [6.45, 7) is 5.97. The molecule has 6 heteroatoms. The number of ketones is 1. The quantitative estimate of drug-likeness (QED) is 0.274. The first-order valence-corrected chi connectivity index (χ1v) is 8.01. The Morgan fingerprint density at radius 2 is 1.92 bits per heavy atom. The summed E-state index contributed by atoms with van der Waals surface area (Å²) in [5.41, 5.74) is 0.643. The summed E-state index contributed by atoms with van der Waals surface area (Å²) in [7, 11) is 0. The molecular formula is C18H21NO5. The van der Waals surface area contributed by atoms with Gasteiger partial charge in [-0.2, -0.15) is 0 Å². The highest BCUT2D eigenvalue weighted by atomic mass is 16.6. The number of benzene rings is 1. The van der Waals surface area contributed by atoms with Crippen LogP contribution in [-0.2, 0) is 9.53 Å². The van der Waals surface area contributed by atoms with E-state index in [1.165, 1.54) is 30.5 Å². The molecule has 2 atom stereocenters. The number of rotatable bonds is 4. The fraction of sp³-hybridized carbons (Fsp3) is 0.444. The standard InChI is InChI=1S/C18H21NO5/c1-11(2)15-9-4-12(3)16(17(15)20)10-24-18(21)13-5-7-14(8-6-13)19(22)23/h5-8,10-12,15H,4,9H2,1-3H3. The molecule has 1 aliphatic carbocycles. The van der Waals surface area contributed by atoms with Crippen LogP contribution in [0.3, 0.4) is 0 Å².